The maximum Gasteiger partial charge on any atom is 0.333 e. The molecule has 0 radical (unpaired) electrons. The van der Waals surface area contributed by atoms with Gasteiger partial charge < -0.3 is 9.64 Å². The van der Waals surface area contributed by atoms with Gasteiger partial charge in [0.15, 0.2) is 0 Å². The number of aromatic nitrogens is 2. The van der Waals surface area contributed by atoms with Crippen LogP contribution in [0.2, 0.25) is 0 Å². The second-order valence-corrected chi connectivity index (χ2v) is 8.69. The number of rotatable bonds is 8. The van der Waals surface area contributed by atoms with Crippen molar-refractivity contribution in [2.24, 2.45) is 0 Å². The number of nitriles is 1. The number of ether oxygens (including phenoxy) is 1. The zero-order chi connectivity index (χ0) is 23.3. The molecule has 0 atom stereocenters. The van der Waals surface area contributed by atoms with Crippen molar-refractivity contribution < 1.29 is 4.74 Å². The van der Waals surface area contributed by atoms with Crippen molar-refractivity contribution in [2.45, 2.75) is 46.2 Å². The van der Waals surface area contributed by atoms with Crippen molar-refractivity contribution in [3.05, 3.63) is 56.7 Å². The van der Waals surface area contributed by atoms with Gasteiger partial charge in [-0.2, -0.15) is 5.26 Å². The first-order valence-corrected chi connectivity index (χ1v) is 11.3. The highest BCUT2D eigenvalue weighted by Gasteiger charge is 2.23. The van der Waals surface area contributed by atoms with Gasteiger partial charge in [0.2, 0.25) is 0 Å². The third-order valence-electron chi connectivity index (χ3n) is 5.76. The monoisotopic (exact) mass is 439 g/mol. The summed E-state index contributed by atoms with van der Waals surface area (Å²) in [4.78, 5) is 30.1. The summed E-state index contributed by atoms with van der Waals surface area (Å²) in [7, 11) is 0. The second kappa shape index (κ2) is 10.5. The van der Waals surface area contributed by atoms with Gasteiger partial charge in [-0.15, -0.1) is 0 Å². The lowest BCUT2D eigenvalue weighted by Gasteiger charge is -2.37. The Morgan fingerprint density at radius 3 is 2.28 bits per heavy atom. The molecule has 0 N–H and O–H groups in total. The molecule has 1 aromatic heterocycles. The van der Waals surface area contributed by atoms with Crippen molar-refractivity contribution in [2.75, 3.05) is 44.2 Å². The first-order valence-electron chi connectivity index (χ1n) is 11.3. The highest BCUT2D eigenvalue weighted by atomic mass is 16.5. The van der Waals surface area contributed by atoms with E-state index in [1.54, 1.807) is 16.7 Å². The van der Waals surface area contributed by atoms with E-state index in [9.17, 15) is 9.59 Å². The molecule has 172 valence electrons. The number of para-hydroxylation sites is 1. The average molecular weight is 440 g/mol. The molecule has 1 aliphatic heterocycles. The molecule has 0 amide bonds. The van der Waals surface area contributed by atoms with Gasteiger partial charge in [-0.3, -0.25) is 18.8 Å². The summed E-state index contributed by atoms with van der Waals surface area (Å²) < 4.78 is 8.83. The third-order valence-corrected chi connectivity index (χ3v) is 5.76. The molecule has 0 aliphatic carbocycles. The Kier molecular flexibility index (Phi) is 7.75. The third kappa shape index (κ3) is 5.22. The molecule has 2 aromatic rings. The van der Waals surface area contributed by atoms with Crippen molar-refractivity contribution in [3.63, 3.8) is 0 Å². The van der Waals surface area contributed by atoms with Gasteiger partial charge >= 0.3 is 5.69 Å². The summed E-state index contributed by atoms with van der Waals surface area (Å²) in [6.45, 7) is 12.3. The molecular formula is C24H33N5O3. The second-order valence-electron chi connectivity index (χ2n) is 8.69. The van der Waals surface area contributed by atoms with Crippen LogP contribution in [0, 0.1) is 11.3 Å². The number of piperazine rings is 1. The van der Waals surface area contributed by atoms with E-state index in [1.807, 2.05) is 45.9 Å². The van der Waals surface area contributed by atoms with Crippen LogP contribution in [0.25, 0.3) is 0 Å². The van der Waals surface area contributed by atoms with Crippen molar-refractivity contribution >= 4 is 5.82 Å². The summed E-state index contributed by atoms with van der Waals surface area (Å²) in [5.74, 6) is 1.34. The van der Waals surface area contributed by atoms with E-state index in [4.69, 9.17) is 10.00 Å². The van der Waals surface area contributed by atoms with E-state index < -0.39 is 0 Å². The van der Waals surface area contributed by atoms with E-state index in [-0.39, 0.29) is 23.3 Å². The number of hydrogen-bond donors (Lipinski definition) is 0. The fourth-order valence-corrected chi connectivity index (χ4v) is 4.12. The summed E-state index contributed by atoms with van der Waals surface area (Å²) >= 11 is 0. The molecule has 8 nitrogen and oxygen atoms in total. The zero-order valence-corrected chi connectivity index (χ0v) is 19.5. The van der Waals surface area contributed by atoms with Crippen LogP contribution < -0.4 is 20.9 Å². The normalized spacial score (nSPS) is 14.7. The van der Waals surface area contributed by atoms with E-state index in [0.717, 1.165) is 39.1 Å². The maximum atomic E-state index is 13.0. The first kappa shape index (κ1) is 23.6. The van der Waals surface area contributed by atoms with Crippen LogP contribution in [0.3, 0.4) is 0 Å². The molecule has 2 heterocycles. The fraction of sp³-hybridized carbons (Fsp3) is 0.542. The lowest BCUT2D eigenvalue weighted by molar-refractivity contribution is 0.223. The van der Waals surface area contributed by atoms with Gasteiger partial charge in [0.1, 0.15) is 17.6 Å². The molecule has 32 heavy (non-hydrogen) atoms. The Morgan fingerprint density at radius 1 is 1.00 bits per heavy atom. The largest absolute Gasteiger partial charge is 0.492 e. The van der Waals surface area contributed by atoms with Gasteiger partial charge in [0.25, 0.3) is 5.56 Å². The maximum absolute atomic E-state index is 13.0. The minimum absolute atomic E-state index is 0.0328. The van der Waals surface area contributed by atoms with Gasteiger partial charge in [0.05, 0.1) is 12.2 Å². The fourth-order valence-electron chi connectivity index (χ4n) is 4.12. The summed E-state index contributed by atoms with van der Waals surface area (Å²) in [6, 6.07) is 10.8. The molecule has 0 spiro atoms. The molecule has 1 aromatic carbocycles. The number of anilines is 1. The Bertz CT molecular complexity index is 1070. The predicted octanol–water partition coefficient (Wildman–Crippen LogP) is 2.63. The van der Waals surface area contributed by atoms with Crippen LogP contribution in [0.1, 0.15) is 51.8 Å². The Hall–Kier alpha value is -3.05. The van der Waals surface area contributed by atoms with Crippen molar-refractivity contribution in [1.29, 1.82) is 5.26 Å². The molecule has 1 fully saturated rings. The molecule has 0 bridgehead atoms. The quantitative estimate of drug-likeness (QED) is 0.588. The highest BCUT2D eigenvalue weighted by molar-refractivity contribution is 5.42. The highest BCUT2D eigenvalue weighted by Crippen LogP contribution is 2.19. The Balaban J connectivity index is 1.58. The van der Waals surface area contributed by atoms with Gasteiger partial charge in [0, 0.05) is 50.9 Å². The van der Waals surface area contributed by atoms with Gasteiger partial charge in [-0.25, -0.2) is 4.79 Å². The van der Waals surface area contributed by atoms with Crippen LogP contribution in [0.4, 0.5) is 5.82 Å². The van der Waals surface area contributed by atoms with Gasteiger partial charge in [-0.05, 0) is 46.2 Å². The van der Waals surface area contributed by atoms with Crippen LogP contribution >= 0.6 is 0 Å². The topological polar surface area (TPSA) is 83.5 Å². The predicted molar refractivity (Wildman–Crippen MR) is 126 cm³/mol. The molecule has 0 saturated carbocycles. The minimum atomic E-state index is -0.242. The van der Waals surface area contributed by atoms with E-state index in [0.29, 0.717) is 23.7 Å². The first-order chi connectivity index (χ1) is 15.3. The Labute approximate surface area is 189 Å². The van der Waals surface area contributed by atoms with Gasteiger partial charge in [-0.1, -0.05) is 12.1 Å². The molecule has 0 unspecified atom stereocenters. The molecule has 1 aliphatic rings. The van der Waals surface area contributed by atoms with Crippen molar-refractivity contribution in [1.82, 2.24) is 14.0 Å². The van der Waals surface area contributed by atoms with Crippen LogP contribution in [-0.2, 0) is 0 Å². The number of benzene rings is 1. The molecule has 1 saturated heterocycles. The molecule has 8 heteroatoms. The van der Waals surface area contributed by atoms with Crippen LogP contribution in [0.15, 0.2) is 39.9 Å². The molecular weight excluding hydrogens is 406 g/mol. The minimum Gasteiger partial charge on any atom is -0.492 e. The number of nitrogens with zero attached hydrogens (tertiary/aromatic N) is 5. The van der Waals surface area contributed by atoms with E-state index in [1.165, 1.54) is 4.57 Å². The van der Waals surface area contributed by atoms with E-state index in [2.05, 4.69) is 15.9 Å². The SMILES string of the molecule is CC(C)n1c(N2CCN(CCCOc3ccccc3C#N)CC2)cc(=O)n(C(C)C)c1=O. The van der Waals surface area contributed by atoms with Crippen LogP contribution in [-0.4, -0.2) is 53.4 Å². The smallest absolute Gasteiger partial charge is 0.333 e. The Morgan fingerprint density at radius 2 is 1.66 bits per heavy atom. The van der Waals surface area contributed by atoms with Crippen LogP contribution in [0.5, 0.6) is 5.75 Å². The van der Waals surface area contributed by atoms with E-state index >= 15 is 0 Å². The zero-order valence-electron chi connectivity index (χ0n) is 19.5. The molecule has 3 rings (SSSR count). The summed E-state index contributed by atoms with van der Waals surface area (Å²) in [6.07, 6.45) is 0.862. The lowest BCUT2D eigenvalue weighted by atomic mass is 10.2. The standard InChI is InChI=1S/C24H33N5O3/c1-18(2)28-22(16-23(30)29(19(3)4)24(28)31)27-13-11-26(12-14-27)10-7-15-32-21-9-6-5-8-20(21)17-25/h5-6,8-9,16,18-19H,7,10-15H2,1-4H3. The lowest BCUT2D eigenvalue weighted by Crippen LogP contribution is -2.50. The number of hydrogen-bond acceptors (Lipinski definition) is 6. The van der Waals surface area contributed by atoms with Crippen molar-refractivity contribution in [3.8, 4) is 11.8 Å². The average Bonchev–Trinajstić information content (AvgIpc) is 2.76. The summed E-state index contributed by atoms with van der Waals surface area (Å²) in [5.41, 5.74) is 0.0700. The summed E-state index contributed by atoms with van der Waals surface area (Å²) in [5, 5.41) is 9.14.